The van der Waals surface area contributed by atoms with Crippen LogP contribution in [0.3, 0.4) is 0 Å². The number of carbonyl (C=O) groups is 1. The highest BCUT2D eigenvalue weighted by molar-refractivity contribution is 7.09. The van der Waals surface area contributed by atoms with E-state index in [4.69, 9.17) is 10.5 Å². The summed E-state index contributed by atoms with van der Waals surface area (Å²) in [5, 5.41) is 5.53. The number of rotatable bonds is 5. The van der Waals surface area contributed by atoms with Crippen LogP contribution in [-0.4, -0.2) is 36.7 Å². The lowest BCUT2D eigenvalue weighted by atomic mass is 10.2. The van der Waals surface area contributed by atoms with Gasteiger partial charge < -0.3 is 15.8 Å². The molecule has 0 aromatic carbocycles. The molecule has 1 aliphatic heterocycles. The molecule has 1 atom stereocenters. The average molecular weight is 292 g/mol. The third-order valence-corrected chi connectivity index (χ3v) is 3.57. The van der Waals surface area contributed by atoms with Gasteiger partial charge in [0.15, 0.2) is 0 Å². The highest BCUT2D eigenvalue weighted by Gasteiger charge is 2.17. The number of halogens is 1. The first kappa shape index (κ1) is 15.4. The molecule has 0 bridgehead atoms. The summed E-state index contributed by atoms with van der Waals surface area (Å²) in [5.41, 5.74) is 5.92. The normalized spacial score (nSPS) is 18.4. The quantitative estimate of drug-likeness (QED) is 0.848. The second-order valence-electron chi connectivity index (χ2n) is 4.01. The second kappa shape index (κ2) is 7.68. The van der Waals surface area contributed by atoms with Crippen molar-refractivity contribution in [2.75, 3.05) is 19.7 Å². The summed E-state index contributed by atoms with van der Waals surface area (Å²) in [6, 6.07) is 0. The number of nitrogens with two attached hydrogens (primary N) is 1. The van der Waals surface area contributed by atoms with Crippen molar-refractivity contribution in [1.29, 1.82) is 0 Å². The van der Waals surface area contributed by atoms with E-state index in [-0.39, 0.29) is 24.4 Å². The zero-order valence-electron chi connectivity index (χ0n) is 10.1. The van der Waals surface area contributed by atoms with Crippen LogP contribution < -0.4 is 11.1 Å². The summed E-state index contributed by atoms with van der Waals surface area (Å²) in [5.74, 6) is -0.125. The summed E-state index contributed by atoms with van der Waals surface area (Å²) in [6.07, 6.45) is 3.00. The SMILES string of the molecule is Cl.NCCc1nc(C(=O)NCC2CCCO2)cs1. The van der Waals surface area contributed by atoms with E-state index < -0.39 is 0 Å². The van der Waals surface area contributed by atoms with Crippen LogP contribution in [0.15, 0.2) is 5.38 Å². The highest BCUT2D eigenvalue weighted by Crippen LogP contribution is 2.12. The third kappa shape index (κ3) is 4.20. The molecule has 0 spiro atoms. The monoisotopic (exact) mass is 291 g/mol. The van der Waals surface area contributed by atoms with Crippen LogP contribution in [0.4, 0.5) is 0 Å². The summed E-state index contributed by atoms with van der Waals surface area (Å²) >= 11 is 1.48. The van der Waals surface area contributed by atoms with Gasteiger partial charge in [0.1, 0.15) is 5.69 Å². The van der Waals surface area contributed by atoms with Crippen LogP contribution in [0.2, 0.25) is 0 Å². The minimum absolute atomic E-state index is 0. The first-order chi connectivity index (χ1) is 8.29. The van der Waals surface area contributed by atoms with Crippen molar-refractivity contribution in [1.82, 2.24) is 10.3 Å². The van der Waals surface area contributed by atoms with Crippen LogP contribution in [0.25, 0.3) is 0 Å². The highest BCUT2D eigenvalue weighted by atomic mass is 35.5. The van der Waals surface area contributed by atoms with Crippen molar-refractivity contribution in [2.24, 2.45) is 5.73 Å². The van der Waals surface area contributed by atoms with Crippen molar-refractivity contribution in [3.05, 3.63) is 16.1 Å². The summed E-state index contributed by atoms with van der Waals surface area (Å²) in [7, 11) is 0. The number of carbonyl (C=O) groups excluding carboxylic acids is 1. The molecule has 1 unspecified atom stereocenters. The lowest BCUT2D eigenvalue weighted by molar-refractivity contribution is 0.0854. The Bertz CT molecular complexity index is 380. The van der Waals surface area contributed by atoms with Gasteiger partial charge in [-0.25, -0.2) is 4.98 Å². The molecular formula is C11H18ClN3O2S. The minimum Gasteiger partial charge on any atom is -0.376 e. The van der Waals surface area contributed by atoms with Crippen LogP contribution in [0.5, 0.6) is 0 Å². The Morgan fingerprint density at radius 1 is 1.67 bits per heavy atom. The number of amides is 1. The van der Waals surface area contributed by atoms with E-state index in [0.717, 1.165) is 30.9 Å². The van der Waals surface area contributed by atoms with Gasteiger partial charge in [0, 0.05) is 25.0 Å². The van der Waals surface area contributed by atoms with E-state index >= 15 is 0 Å². The molecular weight excluding hydrogens is 274 g/mol. The molecule has 2 heterocycles. The van der Waals surface area contributed by atoms with Crippen molar-refractivity contribution in [3.8, 4) is 0 Å². The molecule has 1 amide bonds. The van der Waals surface area contributed by atoms with E-state index in [1.165, 1.54) is 11.3 Å². The van der Waals surface area contributed by atoms with E-state index in [1.54, 1.807) is 5.38 Å². The average Bonchev–Trinajstić information content (AvgIpc) is 2.97. The first-order valence-electron chi connectivity index (χ1n) is 5.84. The molecule has 0 saturated carbocycles. The smallest absolute Gasteiger partial charge is 0.270 e. The zero-order chi connectivity index (χ0) is 12.1. The minimum atomic E-state index is -0.125. The molecule has 3 N–H and O–H groups in total. The van der Waals surface area contributed by atoms with Crippen molar-refractivity contribution >= 4 is 29.7 Å². The zero-order valence-corrected chi connectivity index (χ0v) is 11.7. The Kier molecular flexibility index (Phi) is 6.56. The molecule has 2 rings (SSSR count). The standard InChI is InChI=1S/C11H17N3O2S.ClH/c12-4-3-10-14-9(7-17-10)11(15)13-6-8-2-1-5-16-8;/h7-8H,1-6,12H2,(H,13,15);1H. The Labute approximate surface area is 117 Å². The number of thiazole rings is 1. The Morgan fingerprint density at radius 2 is 2.50 bits per heavy atom. The fourth-order valence-electron chi connectivity index (χ4n) is 1.76. The molecule has 1 fully saturated rings. The fraction of sp³-hybridized carbons (Fsp3) is 0.636. The van der Waals surface area contributed by atoms with Gasteiger partial charge >= 0.3 is 0 Å². The molecule has 102 valence electrons. The van der Waals surface area contributed by atoms with Gasteiger partial charge in [-0.3, -0.25) is 4.79 Å². The van der Waals surface area contributed by atoms with Crippen LogP contribution >= 0.6 is 23.7 Å². The Morgan fingerprint density at radius 3 is 3.17 bits per heavy atom. The van der Waals surface area contributed by atoms with E-state index in [0.29, 0.717) is 18.8 Å². The number of aromatic nitrogens is 1. The number of nitrogens with one attached hydrogen (secondary N) is 1. The molecule has 1 saturated heterocycles. The van der Waals surface area contributed by atoms with Crippen molar-refractivity contribution in [2.45, 2.75) is 25.4 Å². The van der Waals surface area contributed by atoms with Gasteiger partial charge in [0.25, 0.3) is 5.91 Å². The fourth-order valence-corrected chi connectivity index (χ4v) is 2.55. The summed E-state index contributed by atoms with van der Waals surface area (Å²) in [4.78, 5) is 16.0. The van der Waals surface area contributed by atoms with Crippen LogP contribution in [0, 0.1) is 0 Å². The lowest BCUT2D eigenvalue weighted by Crippen LogP contribution is -2.31. The third-order valence-electron chi connectivity index (χ3n) is 2.66. The van der Waals surface area contributed by atoms with E-state index in [2.05, 4.69) is 10.3 Å². The predicted molar refractivity (Wildman–Crippen MR) is 73.4 cm³/mol. The Balaban J connectivity index is 0.00000162. The van der Waals surface area contributed by atoms with Crippen LogP contribution in [0.1, 0.15) is 28.3 Å². The number of nitrogens with zero attached hydrogens (tertiary/aromatic N) is 1. The second-order valence-corrected chi connectivity index (χ2v) is 4.95. The maximum atomic E-state index is 11.8. The molecule has 7 heteroatoms. The van der Waals surface area contributed by atoms with E-state index in [9.17, 15) is 4.79 Å². The van der Waals surface area contributed by atoms with Crippen LogP contribution in [-0.2, 0) is 11.2 Å². The van der Waals surface area contributed by atoms with Gasteiger partial charge in [-0.05, 0) is 19.4 Å². The summed E-state index contributed by atoms with van der Waals surface area (Å²) in [6.45, 7) is 1.94. The van der Waals surface area contributed by atoms with Gasteiger partial charge in [-0.1, -0.05) is 0 Å². The largest absolute Gasteiger partial charge is 0.376 e. The molecule has 1 aromatic rings. The van der Waals surface area contributed by atoms with Gasteiger partial charge in [0.05, 0.1) is 11.1 Å². The number of hydrogen-bond donors (Lipinski definition) is 2. The molecule has 0 aliphatic carbocycles. The Hall–Kier alpha value is -0.690. The molecule has 5 nitrogen and oxygen atoms in total. The maximum absolute atomic E-state index is 11.8. The maximum Gasteiger partial charge on any atom is 0.270 e. The lowest BCUT2D eigenvalue weighted by Gasteiger charge is -2.09. The molecule has 18 heavy (non-hydrogen) atoms. The van der Waals surface area contributed by atoms with Crippen molar-refractivity contribution < 1.29 is 9.53 Å². The van der Waals surface area contributed by atoms with Crippen molar-refractivity contribution in [3.63, 3.8) is 0 Å². The molecule has 0 radical (unpaired) electrons. The topological polar surface area (TPSA) is 77.2 Å². The number of ether oxygens (including phenoxy) is 1. The van der Waals surface area contributed by atoms with E-state index in [1.807, 2.05) is 0 Å². The predicted octanol–water partition coefficient (Wildman–Crippen LogP) is 0.975. The molecule has 1 aromatic heterocycles. The van der Waals surface area contributed by atoms with Gasteiger partial charge in [0.2, 0.25) is 0 Å². The molecule has 1 aliphatic rings. The summed E-state index contributed by atoms with van der Waals surface area (Å²) < 4.78 is 5.43. The van der Waals surface area contributed by atoms with Gasteiger partial charge in [-0.15, -0.1) is 23.7 Å². The number of hydrogen-bond acceptors (Lipinski definition) is 5. The van der Waals surface area contributed by atoms with Gasteiger partial charge in [-0.2, -0.15) is 0 Å². The first-order valence-corrected chi connectivity index (χ1v) is 6.72.